The maximum absolute atomic E-state index is 12.3. The van der Waals surface area contributed by atoms with Gasteiger partial charge in [-0.3, -0.25) is 24.0 Å². The molecule has 2 atom stereocenters. The Morgan fingerprint density at radius 2 is 1.62 bits per heavy atom. The Hall–Kier alpha value is -3.17. The molecular weight excluding hydrogens is 324 g/mol. The third-order valence-corrected chi connectivity index (χ3v) is 4.45. The molecule has 2 fully saturated rings. The van der Waals surface area contributed by atoms with E-state index in [1.54, 1.807) is 0 Å². The molecule has 0 bridgehead atoms. The van der Waals surface area contributed by atoms with Crippen LogP contribution in [0.4, 0.5) is 0 Å². The summed E-state index contributed by atoms with van der Waals surface area (Å²) in [5.74, 6) is -2.87. The van der Waals surface area contributed by atoms with E-state index < -0.39 is 28.7 Å². The van der Waals surface area contributed by atoms with Crippen LogP contribution in [-0.2, 0) is 14.4 Å². The molecule has 1 aliphatic heterocycles. The number of H-pyrrole nitrogens is 1. The number of hydrogen-bond acceptors (Lipinski definition) is 5. The lowest BCUT2D eigenvalue weighted by molar-refractivity contribution is -0.151. The van der Waals surface area contributed by atoms with Gasteiger partial charge in [0, 0.05) is 25.4 Å². The number of carboxylic acids is 2. The summed E-state index contributed by atoms with van der Waals surface area (Å²) >= 11 is 0. The number of hydrogen-bond donors (Lipinski definition) is 4. The Bertz CT molecular complexity index is 724. The lowest BCUT2D eigenvalue weighted by Gasteiger charge is -2.19. The molecule has 2 aliphatic rings. The van der Waals surface area contributed by atoms with Crippen molar-refractivity contribution in [2.45, 2.75) is 6.42 Å². The Morgan fingerprint density at radius 3 is 2.00 bits per heavy atom. The number of likely N-dealkylation sites (tertiary alicyclic amines) is 1. The molecule has 1 amide bonds. The molecule has 1 saturated heterocycles. The first-order chi connectivity index (χ1) is 11.2. The Labute approximate surface area is 134 Å². The zero-order chi connectivity index (χ0) is 18.1. The van der Waals surface area contributed by atoms with Crippen LogP contribution in [0.1, 0.15) is 16.8 Å². The predicted octanol–water partition coefficient (Wildman–Crippen LogP) is -0.923. The summed E-state index contributed by atoms with van der Waals surface area (Å²) in [6, 6.07) is 2.51. The predicted molar refractivity (Wildman–Crippen MR) is 76.4 cm³/mol. The van der Waals surface area contributed by atoms with Gasteiger partial charge in [-0.1, -0.05) is 0 Å². The quantitative estimate of drug-likeness (QED) is 0.513. The third-order valence-electron chi connectivity index (χ3n) is 4.45. The van der Waals surface area contributed by atoms with Crippen LogP contribution in [0.25, 0.3) is 0 Å². The number of carbonyl (C=O) groups is 4. The summed E-state index contributed by atoms with van der Waals surface area (Å²) in [6.07, 6.45) is 1.27. The van der Waals surface area contributed by atoms with Crippen LogP contribution in [-0.4, -0.2) is 62.6 Å². The molecule has 1 aromatic heterocycles. The summed E-state index contributed by atoms with van der Waals surface area (Å²) in [5, 5.41) is 25.5. The second kappa shape index (κ2) is 5.80. The third kappa shape index (κ3) is 2.41. The first-order valence-corrected chi connectivity index (χ1v) is 6.77. The number of rotatable bonds is 3. The largest absolute Gasteiger partial charge is 0.483 e. The second-order valence-corrected chi connectivity index (χ2v) is 5.66. The van der Waals surface area contributed by atoms with E-state index >= 15 is 0 Å². The van der Waals surface area contributed by atoms with Gasteiger partial charge in [-0.15, -0.1) is 0 Å². The van der Waals surface area contributed by atoms with Gasteiger partial charge in [0.25, 0.3) is 12.4 Å². The van der Waals surface area contributed by atoms with E-state index in [2.05, 4.69) is 4.98 Å². The molecule has 128 valence electrons. The number of amides is 1. The molecule has 3 rings (SSSR count). The first kappa shape index (κ1) is 17.2. The molecule has 10 nitrogen and oxygen atoms in total. The van der Waals surface area contributed by atoms with Crippen molar-refractivity contribution in [3.8, 4) is 0 Å². The Balaban J connectivity index is 0.000000647. The molecule has 0 unspecified atom stereocenters. The standard InChI is InChI=1S/C13H12N2O6.CH2O2/c16-8-2-1-7(3-14-8)9(17)15-5-12(10(18)19)4-13(12,6-15)11(20)21;2-1-3/h1-3H,4-6H2,(H,14,16)(H,18,19)(H,20,21);1H,(H,2,3)/t12-,13+;. The number of pyridine rings is 1. The number of carbonyl (C=O) groups excluding carboxylic acids is 1. The molecule has 0 radical (unpaired) electrons. The molecular formula is C14H14N2O8. The van der Waals surface area contributed by atoms with Crippen molar-refractivity contribution >= 4 is 24.3 Å². The van der Waals surface area contributed by atoms with E-state index in [4.69, 9.17) is 9.90 Å². The van der Waals surface area contributed by atoms with Crippen molar-refractivity contribution in [3.63, 3.8) is 0 Å². The van der Waals surface area contributed by atoms with Crippen molar-refractivity contribution in [2.24, 2.45) is 10.8 Å². The van der Waals surface area contributed by atoms with Gasteiger partial charge in [0.1, 0.15) is 10.8 Å². The summed E-state index contributed by atoms with van der Waals surface area (Å²) in [6.45, 7) is -0.515. The van der Waals surface area contributed by atoms with Gasteiger partial charge in [-0.05, 0) is 12.5 Å². The van der Waals surface area contributed by atoms with E-state index in [1.165, 1.54) is 23.2 Å². The number of nitrogens with zero attached hydrogens (tertiary/aromatic N) is 1. The molecule has 2 heterocycles. The van der Waals surface area contributed by atoms with Crippen LogP contribution in [0.5, 0.6) is 0 Å². The van der Waals surface area contributed by atoms with Crippen molar-refractivity contribution in [3.05, 3.63) is 34.2 Å². The topological polar surface area (TPSA) is 165 Å². The number of nitrogens with one attached hydrogen (secondary N) is 1. The van der Waals surface area contributed by atoms with E-state index in [0.29, 0.717) is 0 Å². The lowest BCUT2D eigenvalue weighted by atomic mass is 9.97. The number of fused-ring (bicyclic) bond motifs is 1. The average Bonchev–Trinajstić information content (AvgIpc) is 3.07. The average molecular weight is 338 g/mol. The first-order valence-electron chi connectivity index (χ1n) is 6.77. The number of aliphatic carboxylic acids is 2. The number of aromatic nitrogens is 1. The molecule has 0 spiro atoms. The monoisotopic (exact) mass is 338 g/mol. The highest BCUT2D eigenvalue weighted by Crippen LogP contribution is 2.68. The van der Waals surface area contributed by atoms with Crippen molar-refractivity contribution in [2.75, 3.05) is 13.1 Å². The number of piperidine rings is 1. The fourth-order valence-electron chi connectivity index (χ4n) is 3.16. The van der Waals surface area contributed by atoms with E-state index in [9.17, 15) is 29.4 Å². The van der Waals surface area contributed by atoms with Gasteiger partial charge in [-0.2, -0.15) is 0 Å². The second-order valence-electron chi connectivity index (χ2n) is 5.66. The Kier molecular flexibility index (Phi) is 4.15. The lowest BCUT2D eigenvalue weighted by Crippen LogP contribution is -2.34. The summed E-state index contributed by atoms with van der Waals surface area (Å²) in [4.78, 5) is 57.9. The molecule has 1 aromatic rings. The highest BCUT2D eigenvalue weighted by molar-refractivity contribution is 5.99. The Morgan fingerprint density at radius 1 is 1.12 bits per heavy atom. The van der Waals surface area contributed by atoms with Crippen LogP contribution < -0.4 is 5.56 Å². The number of carboxylic acid groups (broad SMARTS) is 3. The van der Waals surface area contributed by atoms with Gasteiger partial charge in [0.15, 0.2) is 0 Å². The maximum Gasteiger partial charge on any atom is 0.312 e. The van der Waals surface area contributed by atoms with E-state index in [0.717, 1.165) is 0 Å². The van der Waals surface area contributed by atoms with Gasteiger partial charge < -0.3 is 25.2 Å². The maximum atomic E-state index is 12.3. The molecule has 1 aliphatic carbocycles. The van der Waals surface area contributed by atoms with Crippen LogP contribution in [0, 0.1) is 10.8 Å². The SMILES string of the molecule is O=C(c1ccc(=O)[nH]c1)N1C[C@@]2(C(=O)O)C[C@@]2(C(=O)O)C1.O=CO. The minimum atomic E-state index is -1.39. The van der Waals surface area contributed by atoms with Crippen LogP contribution in [0.2, 0.25) is 0 Å². The van der Waals surface area contributed by atoms with Gasteiger partial charge in [-0.25, -0.2) is 0 Å². The van der Waals surface area contributed by atoms with E-state index in [-0.39, 0.29) is 37.1 Å². The van der Waals surface area contributed by atoms with E-state index in [1.807, 2.05) is 0 Å². The van der Waals surface area contributed by atoms with Gasteiger partial charge >= 0.3 is 11.9 Å². The van der Waals surface area contributed by atoms with Crippen LogP contribution in [0.15, 0.2) is 23.1 Å². The van der Waals surface area contributed by atoms with Crippen molar-refractivity contribution in [1.82, 2.24) is 9.88 Å². The highest BCUT2D eigenvalue weighted by atomic mass is 16.4. The van der Waals surface area contributed by atoms with Gasteiger partial charge in [0.05, 0.1) is 5.56 Å². The minimum Gasteiger partial charge on any atom is -0.483 e. The van der Waals surface area contributed by atoms with Crippen molar-refractivity contribution in [1.29, 1.82) is 0 Å². The molecule has 10 heteroatoms. The van der Waals surface area contributed by atoms with Crippen LogP contribution in [0.3, 0.4) is 0 Å². The smallest absolute Gasteiger partial charge is 0.312 e. The van der Waals surface area contributed by atoms with Gasteiger partial charge in [0.2, 0.25) is 5.56 Å². The zero-order valence-electron chi connectivity index (χ0n) is 12.3. The highest BCUT2D eigenvalue weighted by Gasteiger charge is 2.81. The molecule has 0 aromatic carbocycles. The number of aromatic amines is 1. The summed E-state index contributed by atoms with van der Waals surface area (Å²) < 4.78 is 0. The summed E-state index contributed by atoms with van der Waals surface area (Å²) in [5.41, 5.74) is -2.95. The zero-order valence-corrected chi connectivity index (χ0v) is 12.3. The molecule has 4 N–H and O–H groups in total. The van der Waals surface area contributed by atoms with Crippen LogP contribution >= 0.6 is 0 Å². The normalized spacial score (nSPS) is 26.6. The molecule has 1 saturated carbocycles. The van der Waals surface area contributed by atoms with Crippen molar-refractivity contribution < 1.29 is 34.5 Å². The summed E-state index contributed by atoms with van der Waals surface area (Å²) in [7, 11) is 0. The molecule has 24 heavy (non-hydrogen) atoms. The fraction of sp³-hybridized carbons (Fsp3) is 0.357. The fourth-order valence-corrected chi connectivity index (χ4v) is 3.16. The minimum absolute atomic E-state index is 0.0417.